The summed E-state index contributed by atoms with van der Waals surface area (Å²) in [6, 6.07) is 7.18. The molecule has 7 nitrogen and oxygen atoms in total. The molecule has 2 N–H and O–H groups in total. The highest BCUT2D eigenvalue weighted by molar-refractivity contribution is 5.94. The molecule has 1 amide bonds. The molecule has 1 aliphatic heterocycles. The molecule has 1 saturated heterocycles. The lowest BCUT2D eigenvalue weighted by molar-refractivity contribution is 0.0795. The molecule has 3 rings (SSSR count). The minimum absolute atomic E-state index is 0.179. The number of hydrogen-bond donors (Lipinski definition) is 2. The molecule has 1 aromatic heterocycles. The highest BCUT2D eigenvalue weighted by Crippen LogP contribution is 2.16. The Labute approximate surface area is 147 Å². The number of carbonyl (C=O) groups excluding carboxylic acids is 1. The first-order valence-corrected chi connectivity index (χ1v) is 8.75. The van der Waals surface area contributed by atoms with Gasteiger partial charge in [0.25, 0.3) is 5.91 Å². The summed E-state index contributed by atoms with van der Waals surface area (Å²) >= 11 is 0. The first kappa shape index (κ1) is 17.6. The van der Waals surface area contributed by atoms with Crippen LogP contribution in [0.3, 0.4) is 0 Å². The van der Waals surface area contributed by atoms with Gasteiger partial charge in [0.2, 0.25) is 0 Å². The first-order chi connectivity index (χ1) is 12.1. The molecule has 134 valence electrons. The maximum absolute atomic E-state index is 12.2. The van der Waals surface area contributed by atoms with Gasteiger partial charge in [-0.15, -0.1) is 10.2 Å². The number of hydrogen-bond acceptors (Lipinski definition) is 5. The van der Waals surface area contributed by atoms with Crippen molar-refractivity contribution in [2.75, 3.05) is 26.2 Å². The minimum Gasteiger partial charge on any atom is -0.390 e. The molecular weight excluding hydrogens is 318 g/mol. The maximum Gasteiger partial charge on any atom is 0.251 e. The van der Waals surface area contributed by atoms with E-state index >= 15 is 0 Å². The van der Waals surface area contributed by atoms with Crippen molar-refractivity contribution in [3.8, 4) is 5.69 Å². The van der Waals surface area contributed by atoms with E-state index in [1.165, 1.54) is 12.8 Å². The molecule has 25 heavy (non-hydrogen) atoms. The largest absolute Gasteiger partial charge is 0.390 e. The van der Waals surface area contributed by atoms with E-state index in [0.717, 1.165) is 24.7 Å². The Hall–Kier alpha value is -2.25. The van der Waals surface area contributed by atoms with Gasteiger partial charge in [-0.3, -0.25) is 9.36 Å². The van der Waals surface area contributed by atoms with Crippen molar-refractivity contribution < 1.29 is 9.90 Å². The predicted octanol–water partition coefficient (Wildman–Crippen LogP) is 1.09. The summed E-state index contributed by atoms with van der Waals surface area (Å²) < 4.78 is 1.77. The lowest BCUT2D eigenvalue weighted by atomic mass is 9.99. The fraction of sp³-hybridized carbons (Fsp3) is 0.500. The number of benzene rings is 1. The van der Waals surface area contributed by atoms with Gasteiger partial charge in [-0.1, -0.05) is 6.92 Å². The zero-order valence-electron chi connectivity index (χ0n) is 14.5. The molecule has 7 heteroatoms. The quantitative estimate of drug-likeness (QED) is 0.820. The molecule has 1 aliphatic rings. The molecule has 0 bridgehead atoms. The van der Waals surface area contributed by atoms with Gasteiger partial charge >= 0.3 is 0 Å². The number of aliphatic hydroxyl groups excluding tert-OH is 1. The molecule has 2 aromatic rings. The van der Waals surface area contributed by atoms with E-state index in [1.54, 1.807) is 29.4 Å². The summed E-state index contributed by atoms with van der Waals surface area (Å²) in [6.45, 7) is 5.19. The second kappa shape index (κ2) is 8.22. The van der Waals surface area contributed by atoms with Gasteiger partial charge in [-0.2, -0.15) is 0 Å². The molecular formula is C18H25N5O2. The fourth-order valence-electron chi connectivity index (χ4n) is 3.04. The van der Waals surface area contributed by atoms with Crippen LogP contribution in [0, 0.1) is 5.92 Å². The lowest BCUT2D eigenvalue weighted by Crippen LogP contribution is -2.43. The third-order valence-electron chi connectivity index (χ3n) is 4.69. The molecule has 1 unspecified atom stereocenters. The van der Waals surface area contributed by atoms with Gasteiger partial charge in [-0.25, -0.2) is 0 Å². The van der Waals surface area contributed by atoms with Crippen LogP contribution in [0.15, 0.2) is 36.9 Å². The topological polar surface area (TPSA) is 83.3 Å². The predicted molar refractivity (Wildman–Crippen MR) is 94.5 cm³/mol. The van der Waals surface area contributed by atoms with Crippen LogP contribution in [-0.4, -0.2) is 63.0 Å². The zero-order chi connectivity index (χ0) is 17.6. The summed E-state index contributed by atoms with van der Waals surface area (Å²) in [5.41, 5.74) is 1.46. The van der Waals surface area contributed by atoms with E-state index in [0.29, 0.717) is 12.1 Å². The monoisotopic (exact) mass is 343 g/mol. The number of aliphatic hydroxyl groups is 1. The number of amides is 1. The summed E-state index contributed by atoms with van der Waals surface area (Å²) in [4.78, 5) is 14.5. The Morgan fingerprint density at radius 1 is 1.24 bits per heavy atom. The fourth-order valence-corrected chi connectivity index (χ4v) is 3.04. The van der Waals surface area contributed by atoms with Crippen LogP contribution >= 0.6 is 0 Å². The standard InChI is InChI=1S/C18H25N5O2/c1-14-6-8-22(9-7-14)11-17(24)10-19-18(25)15-2-4-16(5-3-15)23-12-20-21-13-23/h2-5,12-14,17,24H,6-11H2,1H3,(H,19,25). The Morgan fingerprint density at radius 2 is 1.88 bits per heavy atom. The van der Waals surface area contributed by atoms with Crippen molar-refractivity contribution in [3.05, 3.63) is 42.5 Å². The molecule has 0 spiro atoms. The van der Waals surface area contributed by atoms with E-state index in [1.807, 2.05) is 12.1 Å². The average molecular weight is 343 g/mol. The van der Waals surface area contributed by atoms with Crippen LogP contribution in [-0.2, 0) is 0 Å². The Bertz CT molecular complexity index is 663. The van der Waals surface area contributed by atoms with Crippen LogP contribution < -0.4 is 5.32 Å². The number of nitrogens with zero attached hydrogens (tertiary/aromatic N) is 4. The van der Waals surface area contributed by atoms with Gasteiger partial charge in [0.15, 0.2) is 0 Å². The summed E-state index contributed by atoms with van der Waals surface area (Å²) in [6.07, 6.45) is 5.02. The van der Waals surface area contributed by atoms with Crippen LogP contribution in [0.2, 0.25) is 0 Å². The Balaban J connectivity index is 1.45. The number of aromatic nitrogens is 3. The van der Waals surface area contributed by atoms with Gasteiger partial charge in [0, 0.05) is 24.3 Å². The lowest BCUT2D eigenvalue weighted by Gasteiger charge is -2.31. The molecule has 1 aromatic carbocycles. The van der Waals surface area contributed by atoms with Crippen molar-refractivity contribution >= 4 is 5.91 Å². The summed E-state index contributed by atoms with van der Waals surface area (Å²) in [5.74, 6) is 0.593. The normalized spacial score (nSPS) is 17.4. The van der Waals surface area contributed by atoms with Crippen LogP contribution in [0.1, 0.15) is 30.1 Å². The second-order valence-corrected chi connectivity index (χ2v) is 6.76. The Kier molecular flexibility index (Phi) is 5.78. The average Bonchev–Trinajstić information content (AvgIpc) is 3.16. The van der Waals surface area contributed by atoms with Crippen LogP contribution in [0.5, 0.6) is 0 Å². The highest BCUT2D eigenvalue weighted by Gasteiger charge is 2.18. The van der Waals surface area contributed by atoms with E-state index in [-0.39, 0.29) is 12.5 Å². The highest BCUT2D eigenvalue weighted by atomic mass is 16.3. The second-order valence-electron chi connectivity index (χ2n) is 6.76. The third-order valence-corrected chi connectivity index (χ3v) is 4.69. The van der Waals surface area contributed by atoms with Crippen molar-refractivity contribution in [2.24, 2.45) is 5.92 Å². The number of β-amino-alcohol motifs (C(OH)–C–C–N with tert-alkyl or cyclic N) is 1. The molecule has 1 fully saturated rings. The van der Waals surface area contributed by atoms with Crippen molar-refractivity contribution in [2.45, 2.75) is 25.9 Å². The zero-order valence-corrected chi connectivity index (χ0v) is 14.5. The van der Waals surface area contributed by atoms with E-state index in [4.69, 9.17) is 0 Å². The SMILES string of the molecule is CC1CCN(CC(O)CNC(=O)c2ccc(-n3cnnc3)cc2)CC1. The van der Waals surface area contributed by atoms with E-state index in [2.05, 4.69) is 27.3 Å². The van der Waals surface area contributed by atoms with E-state index < -0.39 is 6.10 Å². The van der Waals surface area contributed by atoms with Crippen molar-refractivity contribution in [1.82, 2.24) is 25.0 Å². The maximum atomic E-state index is 12.2. The molecule has 0 aliphatic carbocycles. The summed E-state index contributed by atoms with van der Waals surface area (Å²) in [5, 5.41) is 20.5. The van der Waals surface area contributed by atoms with Gasteiger partial charge in [-0.05, 0) is 56.1 Å². The smallest absolute Gasteiger partial charge is 0.251 e. The molecule has 0 saturated carbocycles. The van der Waals surface area contributed by atoms with E-state index in [9.17, 15) is 9.90 Å². The number of nitrogens with one attached hydrogen (secondary N) is 1. The number of rotatable bonds is 6. The molecule has 1 atom stereocenters. The Morgan fingerprint density at radius 3 is 2.52 bits per heavy atom. The van der Waals surface area contributed by atoms with Crippen molar-refractivity contribution in [1.29, 1.82) is 0 Å². The van der Waals surface area contributed by atoms with Crippen LogP contribution in [0.4, 0.5) is 0 Å². The van der Waals surface area contributed by atoms with Gasteiger partial charge in [0.05, 0.1) is 6.10 Å². The number of piperidine rings is 1. The first-order valence-electron chi connectivity index (χ1n) is 8.75. The molecule has 0 radical (unpaired) electrons. The van der Waals surface area contributed by atoms with Gasteiger partial charge in [0.1, 0.15) is 12.7 Å². The minimum atomic E-state index is -0.548. The number of likely N-dealkylation sites (tertiary alicyclic amines) is 1. The third kappa shape index (κ3) is 4.87. The summed E-state index contributed by atoms with van der Waals surface area (Å²) in [7, 11) is 0. The van der Waals surface area contributed by atoms with Gasteiger partial charge < -0.3 is 15.3 Å². The molecule has 2 heterocycles. The van der Waals surface area contributed by atoms with Crippen LogP contribution in [0.25, 0.3) is 5.69 Å². The van der Waals surface area contributed by atoms with Crippen molar-refractivity contribution in [3.63, 3.8) is 0 Å². The number of carbonyl (C=O) groups is 1.